The summed E-state index contributed by atoms with van der Waals surface area (Å²) in [6.07, 6.45) is 1.30. The van der Waals surface area contributed by atoms with Crippen molar-refractivity contribution in [2.45, 2.75) is 33.6 Å². The SMILES string of the molecule is CCCNC(=O)CCN=C(NCC)N1CC(C)C(C(=O)OC)C1.I. The average Bonchev–Trinajstić information content (AvgIpc) is 2.93. The van der Waals surface area contributed by atoms with E-state index in [-0.39, 0.29) is 47.7 Å². The fraction of sp³-hybridized carbons (Fsp3) is 0.812. The van der Waals surface area contributed by atoms with E-state index in [1.807, 2.05) is 20.8 Å². The molecule has 0 aromatic rings. The van der Waals surface area contributed by atoms with Crippen LogP contribution in [0.5, 0.6) is 0 Å². The lowest BCUT2D eigenvalue weighted by Gasteiger charge is -2.21. The molecule has 0 saturated carbocycles. The molecule has 1 amide bonds. The van der Waals surface area contributed by atoms with Crippen LogP contribution < -0.4 is 10.6 Å². The zero-order valence-electron chi connectivity index (χ0n) is 15.1. The summed E-state index contributed by atoms with van der Waals surface area (Å²) in [6, 6.07) is 0. The van der Waals surface area contributed by atoms with E-state index in [9.17, 15) is 9.59 Å². The van der Waals surface area contributed by atoms with Gasteiger partial charge >= 0.3 is 5.97 Å². The molecular formula is C16H31IN4O3. The molecular weight excluding hydrogens is 423 g/mol. The molecule has 0 aromatic carbocycles. The second-order valence-corrected chi connectivity index (χ2v) is 5.85. The van der Waals surface area contributed by atoms with Gasteiger partial charge in [-0.05, 0) is 19.3 Å². The topological polar surface area (TPSA) is 83.0 Å². The third-order valence-corrected chi connectivity index (χ3v) is 3.92. The highest BCUT2D eigenvalue weighted by Crippen LogP contribution is 2.24. The van der Waals surface area contributed by atoms with Gasteiger partial charge in [-0.1, -0.05) is 13.8 Å². The van der Waals surface area contributed by atoms with Crippen molar-refractivity contribution in [3.05, 3.63) is 0 Å². The first-order valence-electron chi connectivity index (χ1n) is 8.41. The highest BCUT2D eigenvalue weighted by Gasteiger charge is 2.36. The Labute approximate surface area is 162 Å². The Hall–Kier alpha value is -1.06. The van der Waals surface area contributed by atoms with Gasteiger partial charge in [0, 0.05) is 32.6 Å². The van der Waals surface area contributed by atoms with Gasteiger partial charge in [-0.15, -0.1) is 24.0 Å². The number of methoxy groups -OCH3 is 1. The van der Waals surface area contributed by atoms with E-state index in [0.717, 1.165) is 25.5 Å². The molecule has 0 aromatic heterocycles. The number of ether oxygens (including phenoxy) is 1. The number of hydrogen-bond acceptors (Lipinski definition) is 4. The number of nitrogens with zero attached hydrogens (tertiary/aromatic N) is 2. The number of rotatable bonds is 7. The summed E-state index contributed by atoms with van der Waals surface area (Å²) >= 11 is 0. The number of nitrogens with one attached hydrogen (secondary N) is 2. The van der Waals surface area contributed by atoms with Crippen LogP contribution in [0.15, 0.2) is 4.99 Å². The molecule has 1 aliphatic heterocycles. The summed E-state index contributed by atoms with van der Waals surface area (Å²) in [4.78, 5) is 30.0. The van der Waals surface area contributed by atoms with E-state index < -0.39 is 0 Å². The molecule has 1 rings (SSSR count). The summed E-state index contributed by atoms with van der Waals surface area (Å²) in [5, 5.41) is 6.07. The molecule has 140 valence electrons. The largest absolute Gasteiger partial charge is 0.469 e. The number of carbonyl (C=O) groups excluding carboxylic acids is 2. The van der Waals surface area contributed by atoms with Gasteiger partial charge in [-0.3, -0.25) is 14.6 Å². The summed E-state index contributed by atoms with van der Waals surface area (Å²) < 4.78 is 4.86. The van der Waals surface area contributed by atoms with E-state index in [0.29, 0.717) is 26.1 Å². The van der Waals surface area contributed by atoms with Gasteiger partial charge in [0.15, 0.2) is 5.96 Å². The van der Waals surface area contributed by atoms with Crippen LogP contribution in [0.25, 0.3) is 0 Å². The number of halogens is 1. The van der Waals surface area contributed by atoms with Crippen LogP contribution >= 0.6 is 24.0 Å². The Morgan fingerprint density at radius 1 is 1.25 bits per heavy atom. The van der Waals surface area contributed by atoms with Crippen molar-refractivity contribution < 1.29 is 14.3 Å². The number of guanidine groups is 1. The summed E-state index contributed by atoms with van der Waals surface area (Å²) in [7, 11) is 1.42. The maximum atomic E-state index is 11.8. The normalized spacial score (nSPS) is 20.3. The lowest BCUT2D eigenvalue weighted by molar-refractivity contribution is -0.146. The Morgan fingerprint density at radius 2 is 1.96 bits per heavy atom. The van der Waals surface area contributed by atoms with Gasteiger partial charge in [-0.25, -0.2) is 0 Å². The molecule has 0 radical (unpaired) electrons. The third-order valence-electron chi connectivity index (χ3n) is 3.92. The summed E-state index contributed by atoms with van der Waals surface area (Å²) in [6.45, 7) is 9.31. The molecule has 1 fully saturated rings. The van der Waals surface area contributed by atoms with Crippen LogP contribution in [0, 0.1) is 11.8 Å². The Kier molecular flexibility index (Phi) is 11.8. The first-order chi connectivity index (χ1) is 11.0. The predicted octanol–water partition coefficient (Wildman–Crippen LogP) is 1.23. The highest BCUT2D eigenvalue weighted by atomic mass is 127. The number of hydrogen-bond donors (Lipinski definition) is 2. The Balaban J connectivity index is 0.00000529. The number of carbonyl (C=O) groups is 2. The molecule has 0 spiro atoms. The predicted molar refractivity (Wildman–Crippen MR) is 106 cm³/mol. The van der Waals surface area contributed by atoms with Gasteiger partial charge in [0.05, 0.1) is 19.6 Å². The Bertz CT molecular complexity index is 432. The monoisotopic (exact) mass is 454 g/mol. The van der Waals surface area contributed by atoms with Gasteiger partial charge in [0.2, 0.25) is 5.91 Å². The smallest absolute Gasteiger partial charge is 0.310 e. The van der Waals surface area contributed by atoms with Gasteiger partial charge in [0.1, 0.15) is 0 Å². The first-order valence-corrected chi connectivity index (χ1v) is 8.41. The minimum Gasteiger partial charge on any atom is -0.469 e. The highest BCUT2D eigenvalue weighted by molar-refractivity contribution is 14.0. The fourth-order valence-electron chi connectivity index (χ4n) is 2.64. The van der Waals surface area contributed by atoms with E-state index in [1.54, 1.807) is 0 Å². The quantitative estimate of drug-likeness (QED) is 0.262. The van der Waals surface area contributed by atoms with Crippen molar-refractivity contribution in [2.24, 2.45) is 16.8 Å². The number of esters is 1. The maximum absolute atomic E-state index is 11.8. The molecule has 24 heavy (non-hydrogen) atoms. The summed E-state index contributed by atoms with van der Waals surface area (Å²) in [5.74, 6) is 0.702. The van der Waals surface area contributed by atoms with E-state index in [2.05, 4.69) is 20.5 Å². The van der Waals surface area contributed by atoms with Crippen molar-refractivity contribution >= 4 is 41.8 Å². The minimum atomic E-state index is -0.171. The molecule has 1 saturated heterocycles. The number of amides is 1. The molecule has 8 heteroatoms. The first kappa shape index (κ1) is 22.9. The van der Waals surface area contributed by atoms with Crippen molar-refractivity contribution in [3.8, 4) is 0 Å². The number of likely N-dealkylation sites (tertiary alicyclic amines) is 1. The molecule has 0 aliphatic carbocycles. The zero-order valence-corrected chi connectivity index (χ0v) is 17.5. The zero-order chi connectivity index (χ0) is 17.2. The minimum absolute atomic E-state index is 0. The lowest BCUT2D eigenvalue weighted by Crippen LogP contribution is -2.41. The molecule has 1 aliphatic rings. The van der Waals surface area contributed by atoms with Crippen LogP contribution in [-0.2, 0) is 14.3 Å². The molecule has 2 unspecified atom stereocenters. The van der Waals surface area contributed by atoms with Gasteiger partial charge in [0.25, 0.3) is 0 Å². The third kappa shape index (κ3) is 7.23. The molecule has 2 atom stereocenters. The second kappa shape index (κ2) is 12.3. The fourth-order valence-corrected chi connectivity index (χ4v) is 2.64. The Morgan fingerprint density at radius 3 is 2.54 bits per heavy atom. The van der Waals surface area contributed by atoms with E-state index >= 15 is 0 Å². The van der Waals surface area contributed by atoms with Crippen LogP contribution in [0.1, 0.15) is 33.6 Å². The molecule has 1 heterocycles. The van der Waals surface area contributed by atoms with Crippen LogP contribution in [0.2, 0.25) is 0 Å². The van der Waals surface area contributed by atoms with Crippen LogP contribution in [-0.4, -0.2) is 62.6 Å². The molecule has 2 N–H and O–H groups in total. The van der Waals surface area contributed by atoms with Gasteiger partial charge in [-0.2, -0.15) is 0 Å². The maximum Gasteiger partial charge on any atom is 0.310 e. The average molecular weight is 454 g/mol. The van der Waals surface area contributed by atoms with Crippen molar-refractivity contribution in [3.63, 3.8) is 0 Å². The van der Waals surface area contributed by atoms with Crippen LogP contribution in [0.3, 0.4) is 0 Å². The van der Waals surface area contributed by atoms with Crippen LogP contribution in [0.4, 0.5) is 0 Å². The summed E-state index contributed by atoms with van der Waals surface area (Å²) in [5.41, 5.74) is 0. The second-order valence-electron chi connectivity index (χ2n) is 5.85. The number of aliphatic imine (C=N–C) groups is 1. The van der Waals surface area contributed by atoms with E-state index in [1.165, 1.54) is 7.11 Å². The van der Waals surface area contributed by atoms with E-state index in [4.69, 9.17) is 4.74 Å². The van der Waals surface area contributed by atoms with Crippen molar-refractivity contribution in [1.29, 1.82) is 0 Å². The van der Waals surface area contributed by atoms with Gasteiger partial charge < -0.3 is 20.3 Å². The standard InChI is InChI=1S/C16H30N4O3.HI/c1-5-8-18-14(21)7-9-19-16(17-6-2)20-10-12(3)13(11-20)15(22)23-4;/h12-13H,5-11H2,1-4H3,(H,17,19)(H,18,21);1H. The van der Waals surface area contributed by atoms with Crippen molar-refractivity contribution in [1.82, 2.24) is 15.5 Å². The molecule has 0 bridgehead atoms. The van der Waals surface area contributed by atoms with Crippen molar-refractivity contribution in [2.75, 3.05) is 39.8 Å². The molecule has 7 nitrogen and oxygen atoms in total. The lowest BCUT2D eigenvalue weighted by atomic mass is 9.99.